The van der Waals surface area contributed by atoms with Crippen molar-refractivity contribution in [1.82, 2.24) is 0 Å². The molecule has 1 heterocycles. The van der Waals surface area contributed by atoms with E-state index in [1.54, 1.807) is 6.07 Å². The molecule has 0 saturated carbocycles. The van der Waals surface area contributed by atoms with Gasteiger partial charge in [0.1, 0.15) is 0 Å². The van der Waals surface area contributed by atoms with E-state index < -0.39 is 0 Å². The Morgan fingerprint density at radius 1 is 1.40 bits per heavy atom. The maximum absolute atomic E-state index is 6.04. The Hall–Kier alpha value is -0.440. The summed E-state index contributed by atoms with van der Waals surface area (Å²) in [6.07, 6.45) is 0. The molecule has 1 fully saturated rings. The van der Waals surface area contributed by atoms with Gasteiger partial charge >= 0.3 is 0 Å². The molecule has 0 unspecified atom stereocenters. The van der Waals surface area contributed by atoms with Crippen LogP contribution in [0, 0.1) is 5.41 Å². The van der Waals surface area contributed by atoms with Crippen LogP contribution in [0.5, 0.6) is 0 Å². The highest BCUT2D eigenvalue weighted by atomic mass is 35.5. The van der Waals surface area contributed by atoms with E-state index in [-0.39, 0.29) is 5.41 Å². The van der Waals surface area contributed by atoms with Crippen LogP contribution >= 0.6 is 23.2 Å². The first kappa shape index (κ1) is 11.1. The van der Waals surface area contributed by atoms with E-state index in [4.69, 9.17) is 27.9 Å². The van der Waals surface area contributed by atoms with Crippen LogP contribution in [-0.4, -0.2) is 19.8 Å². The van der Waals surface area contributed by atoms with Crippen molar-refractivity contribution >= 4 is 28.9 Å². The van der Waals surface area contributed by atoms with Gasteiger partial charge in [-0.3, -0.25) is 0 Å². The Morgan fingerprint density at radius 2 is 2.13 bits per heavy atom. The molecule has 1 N–H and O–H groups in total. The van der Waals surface area contributed by atoms with E-state index in [1.165, 1.54) is 0 Å². The van der Waals surface area contributed by atoms with E-state index in [0.717, 1.165) is 25.4 Å². The smallest absolute Gasteiger partial charge is 0.0652 e. The molecule has 0 amide bonds. The minimum absolute atomic E-state index is 0.239. The SMILES string of the molecule is CC1(CNc2ccc(Cl)cc2Cl)COC1. The zero-order valence-electron chi connectivity index (χ0n) is 8.52. The van der Waals surface area contributed by atoms with E-state index >= 15 is 0 Å². The highest BCUT2D eigenvalue weighted by Crippen LogP contribution is 2.30. The summed E-state index contributed by atoms with van der Waals surface area (Å²) in [6, 6.07) is 5.47. The molecule has 15 heavy (non-hydrogen) atoms. The Morgan fingerprint density at radius 3 is 2.67 bits per heavy atom. The van der Waals surface area contributed by atoms with Gasteiger partial charge in [0.25, 0.3) is 0 Å². The molecule has 1 saturated heterocycles. The number of hydrogen-bond acceptors (Lipinski definition) is 2. The summed E-state index contributed by atoms with van der Waals surface area (Å²) in [5.41, 5.74) is 1.16. The van der Waals surface area contributed by atoms with Crippen molar-refractivity contribution in [2.45, 2.75) is 6.92 Å². The van der Waals surface area contributed by atoms with Crippen LogP contribution in [0.15, 0.2) is 18.2 Å². The van der Waals surface area contributed by atoms with Gasteiger partial charge in [-0.2, -0.15) is 0 Å². The normalized spacial score (nSPS) is 18.3. The Labute approximate surface area is 99.5 Å². The number of rotatable bonds is 3. The highest BCUT2D eigenvalue weighted by Gasteiger charge is 2.33. The molecule has 1 aromatic rings. The maximum atomic E-state index is 6.04. The van der Waals surface area contributed by atoms with Gasteiger partial charge in [0, 0.05) is 17.0 Å². The lowest BCUT2D eigenvalue weighted by Crippen LogP contribution is -2.45. The van der Waals surface area contributed by atoms with Crippen LogP contribution in [0.1, 0.15) is 6.92 Å². The van der Waals surface area contributed by atoms with E-state index in [0.29, 0.717) is 10.0 Å². The summed E-state index contributed by atoms with van der Waals surface area (Å²) < 4.78 is 5.18. The summed E-state index contributed by atoms with van der Waals surface area (Å²) in [4.78, 5) is 0. The zero-order valence-corrected chi connectivity index (χ0v) is 10.0. The summed E-state index contributed by atoms with van der Waals surface area (Å²) in [6.45, 7) is 4.68. The zero-order chi connectivity index (χ0) is 10.9. The lowest BCUT2D eigenvalue weighted by atomic mass is 9.89. The van der Waals surface area contributed by atoms with Crippen LogP contribution in [0.4, 0.5) is 5.69 Å². The lowest BCUT2D eigenvalue weighted by Gasteiger charge is -2.38. The third kappa shape index (κ3) is 2.57. The van der Waals surface area contributed by atoms with Crippen molar-refractivity contribution in [2.75, 3.05) is 25.1 Å². The second-order valence-electron chi connectivity index (χ2n) is 4.28. The summed E-state index contributed by atoms with van der Waals surface area (Å²) in [5.74, 6) is 0. The molecule has 2 nitrogen and oxygen atoms in total. The fourth-order valence-corrected chi connectivity index (χ4v) is 1.97. The van der Waals surface area contributed by atoms with Crippen molar-refractivity contribution in [1.29, 1.82) is 0 Å². The van der Waals surface area contributed by atoms with Crippen LogP contribution in [0.3, 0.4) is 0 Å². The molecule has 0 bridgehead atoms. The Balaban J connectivity index is 1.98. The van der Waals surface area contributed by atoms with Gasteiger partial charge in [-0.05, 0) is 18.2 Å². The molecule has 0 spiro atoms. The minimum atomic E-state index is 0.239. The van der Waals surface area contributed by atoms with Crippen molar-refractivity contribution in [3.05, 3.63) is 28.2 Å². The first-order chi connectivity index (χ1) is 7.09. The number of nitrogens with one attached hydrogen (secondary N) is 1. The van der Waals surface area contributed by atoms with E-state index in [2.05, 4.69) is 12.2 Å². The molecule has 1 aromatic carbocycles. The third-order valence-corrected chi connectivity index (χ3v) is 3.09. The third-order valence-electron chi connectivity index (χ3n) is 2.54. The fraction of sp³-hybridized carbons (Fsp3) is 0.455. The quantitative estimate of drug-likeness (QED) is 0.881. The maximum Gasteiger partial charge on any atom is 0.0652 e. The van der Waals surface area contributed by atoms with Crippen molar-refractivity contribution in [3.63, 3.8) is 0 Å². The molecule has 2 rings (SSSR count). The standard InChI is InChI=1S/C11H13Cl2NO/c1-11(6-15-7-11)5-14-10-3-2-8(12)4-9(10)13/h2-4,14H,5-7H2,1H3. The van der Waals surface area contributed by atoms with Gasteiger partial charge < -0.3 is 10.1 Å². The fourth-order valence-electron chi connectivity index (χ4n) is 1.49. The first-order valence-electron chi connectivity index (χ1n) is 4.86. The molecule has 4 heteroatoms. The van der Waals surface area contributed by atoms with Crippen molar-refractivity contribution in [3.8, 4) is 0 Å². The predicted molar refractivity (Wildman–Crippen MR) is 63.9 cm³/mol. The van der Waals surface area contributed by atoms with Crippen LogP contribution in [-0.2, 0) is 4.74 Å². The molecule has 1 aliphatic rings. The van der Waals surface area contributed by atoms with Gasteiger partial charge in [0.05, 0.1) is 23.9 Å². The van der Waals surface area contributed by atoms with Gasteiger partial charge in [0.2, 0.25) is 0 Å². The van der Waals surface area contributed by atoms with Gasteiger partial charge in [0.15, 0.2) is 0 Å². The summed E-state index contributed by atoms with van der Waals surface area (Å²) in [5, 5.41) is 4.63. The minimum Gasteiger partial charge on any atom is -0.383 e. The summed E-state index contributed by atoms with van der Waals surface area (Å²) in [7, 11) is 0. The average Bonchev–Trinajstić information content (AvgIpc) is 2.14. The number of ether oxygens (including phenoxy) is 1. The predicted octanol–water partition coefficient (Wildman–Crippen LogP) is 3.44. The number of anilines is 1. The number of benzene rings is 1. The average molecular weight is 246 g/mol. The van der Waals surface area contributed by atoms with E-state index in [9.17, 15) is 0 Å². The van der Waals surface area contributed by atoms with Crippen LogP contribution < -0.4 is 5.32 Å². The van der Waals surface area contributed by atoms with Crippen molar-refractivity contribution in [2.24, 2.45) is 5.41 Å². The molecule has 1 aliphatic heterocycles. The number of hydrogen-bond donors (Lipinski definition) is 1. The first-order valence-corrected chi connectivity index (χ1v) is 5.61. The van der Waals surface area contributed by atoms with Gasteiger partial charge in [-0.25, -0.2) is 0 Å². The largest absolute Gasteiger partial charge is 0.383 e. The van der Waals surface area contributed by atoms with E-state index in [1.807, 2.05) is 12.1 Å². The molecule has 0 atom stereocenters. The summed E-state index contributed by atoms with van der Waals surface area (Å²) >= 11 is 11.9. The van der Waals surface area contributed by atoms with Crippen molar-refractivity contribution < 1.29 is 4.74 Å². The molecular formula is C11H13Cl2NO. The van der Waals surface area contributed by atoms with Crippen LogP contribution in [0.25, 0.3) is 0 Å². The molecule has 82 valence electrons. The van der Waals surface area contributed by atoms with Crippen LogP contribution in [0.2, 0.25) is 10.0 Å². The Bertz CT molecular complexity index is 364. The lowest BCUT2D eigenvalue weighted by molar-refractivity contribution is -0.0924. The second kappa shape index (κ2) is 4.20. The van der Waals surface area contributed by atoms with Gasteiger partial charge in [-0.1, -0.05) is 30.1 Å². The highest BCUT2D eigenvalue weighted by molar-refractivity contribution is 6.36. The molecule has 0 radical (unpaired) electrons. The molecule has 0 aromatic heterocycles. The second-order valence-corrected chi connectivity index (χ2v) is 5.12. The Kier molecular flexibility index (Phi) is 3.10. The monoisotopic (exact) mass is 245 g/mol. The molecule has 0 aliphatic carbocycles. The van der Waals surface area contributed by atoms with Gasteiger partial charge in [-0.15, -0.1) is 0 Å². The number of halogens is 2. The molecular weight excluding hydrogens is 233 g/mol. The topological polar surface area (TPSA) is 21.3 Å².